The number of nitrogens with two attached hydrogens (primary N) is 1. The number of carbonyl (C=O) groups is 1. The lowest BCUT2D eigenvalue weighted by Crippen LogP contribution is -2.35. The molecule has 0 atom stereocenters. The lowest BCUT2D eigenvalue weighted by Gasteiger charge is -2.27. The summed E-state index contributed by atoms with van der Waals surface area (Å²) in [6.45, 7) is 1.07. The molecule has 0 radical (unpaired) electrons. The number of nitrogens with zero attached hydrogens (tertiary/aromatic N) is 4. The van der Waals surface area contributed by atoms with Crippen LogP contribution in [-0.2, 0) is 11.3 Å². The summed E-state index contributed by atoms with van der Waals surface area (Å²) in [4.78, 5) is 17.6. The monoisotopic (exact) mass is 251 g/mol. The Hall–Kier alpha value is -1.59. The number of aromatic nitrogens is 3. The highest BCUT2D eigenvalue weighted by Crippen LogP contribution is 2.24. The first-order chi connectivity index (χ1) is 8.65. The minimum absolute atomic E-state index is 0.0606. The predicted octanol–water partition coefficient (Wildman–Crippen LogP) is 0.899. The van der Waals surface area contributed by atoms with E-state index in [-0.39, 0.29) is 18.4 Å². The van der Waals surface area contributed by atoms with Gasteiger partial charge in [-0.2, -0.15) is 0 Å². The molecule has 0 saturated heterocycles. The molecule has 1 fully saturated rings. The fraction of sp³-hybridized carbons (Fsp3) is 0.750. The van der Waals surface area contributed by atoms with Crippen molar-refractivity contribution in [2.24, 2.45) is 5.92 Å². The van der Waals surface area contributed by atoms with Crippen LogP contribution in [0.4, 0.5) is 5.95 Å². The zero-order valence-electron chi connectivity index (χ0n) is 10.9. The molecule has 1 aromatic rings. The van der Waals surface area contributed by atoms with E-state index in [2.05, 4.69) is 10.1 Å². The van der Waals surface area contributed by atoms with Crippen LogP contribution in [0.2, 0.25) is 0 Å². The van der Waals surface area contributed by atoms with Gasteiger partial charge in [0, 0.05) is 13.6 Å². The minimum Gasteiger partial charge on any atom is -0.367 e. The number of hydrogen-bond acceptors (Lipinski definition) is 4. The van der Waals surface area contributed by atoms with E-state index < -0.39 is 0 Å². The maximum absolute atomic E-state index is 12.0. The van der Waals surface area contributed by atoms with Gasteiger partial charge in [-0.1, -0.05) is 19.3 Å². The van der Waals surface area contributed by atoms with Gasteiger partial charge in [-0.25, -0.2) is 9.67 Å². The van der Waals surface area contributed by atoms with Crippen molar-refractivity contribution in [3.8, 4) is 0 Å². The quantitative estimate of drug-likeness (QED) is 0.862. The van der Waals surface area contributed by atoms with Crippen molar-refractivity contribution in [1.29, 1.82) is 0 Å². The van der Waals surface area contributed by atoms with Crippen LogP contribution in [0.5, 0.6) is 0 Å². The second-order valence-electron chi connectivity index (χ2n) is 5.08. The number of likely N-dealkylation sites (N-methyl/N-ethyl adjacent to an activating group) is 1. The van der Waals surface area contributed by atoms with Gasteiger partial charge in [0.25, 0.3) is 0 Å². The summed E-state index contributed by atoms with van der Waals surface area (Å²) >= 11 is 0. The zero-order chi connectivity index (χ0) is 13.0. The van der Waals surface area contributed by atoms with Crippen LogP contribution < -0.4 is 5.73 Å². The van der Waals surface area contributed by atoms with Crippen LogP contribution in [0.3, 0.4) is 0 Å². The molecule has 2 N–H and O–H groups in total. The number of hydrogen-bond donors (Lipinski definition) is 1. The second-order valence-corrected chi connectivity index (χ2v) is 5.08. The molecule has 2 rings (SSSR count). The van der Waals surface area contributed by atoms with Crippen molar-refractivity contribution >= 4 is 11.9 Å². The van der Waals surface area contributed by atoms with Crippen molar-refractivity contribution in [2.45, 2.75) is 38.6 Å². The Bertz CT molecular complexity index is 397. The average molecular weight is 251 g/mol. The molecule has 0 aliphatic heterocycles. The van der Waals surface area contributed by atoms with Gasteiger partial charge in [-0.15, -0.1) is 5.10 Å². The SMILES string of the molecule is CN(CC1CCCCC1)C(=O)Cn1cnc(N)n1. The van der Waals surface area contributed by atoms with Crippen molar-refractivity contribution in [2.75, 3.05) is 19.3 Å². The topological polar surface area (TPSA) is 77.0 Å². The van der Waals surface area contributed by atoms with Crippen molar-refractivity contribution in [1.82, 2.24) is 19.7 Å². The van der Waals surface area contributed by atoms with Crippen LogP contribution >= 0.6 is 0 Å². The Morgan fingerprint density at radius 1 is 1.50 bits per heavy atom. The number of rotatable bonds is 4. The van der Waals surface area contributed by atoms with E-state index in [0.29, 0.717) is 5.92 Å². The van der Waals surface area contributed by atoms with Gasteiger partial charge in [-0.05, 0) is 18.8 Å². The third kappa shape index (κ3) is 3.45. The Morgan fingerprint density at radius 3 is 2.83 bits per heavy atom. The van der Waals surface area contributed by atoms with Crippen LogP contribution in [-0.4, -0.2) is 39.2 Å². The first-order valence-electron chi connectivity index (χ1n) is 6.54. The maximum atomic E-state index is 12.0. The highest BCUT2D eigenvalue weighted by molar-refractivity contribution is 5.75. The highest BCUT2D eigenvalue weighted by atomic mass is 16.2. The standard InChI is InChI=1S/C12H21N5O/c1-16(7-10-5-3-2-4-6-10)11(18)8-17-9-14-12(13)15-17/h9-10H,2-8H2,1H3,(H2,13,15). The summed E-state index contributed by atoms with van der Waals surface area (Å²) in [7, 11) is 1.86. The molecule has 0 unspecified atom stereocenters. The summed E-state index contributed by atoms with van der Waals surface area (Å²) in [6, 6.07) is 0. The van der Waals surface area contributed by atoms with Crippen LogP contribution in [0.15, 0.2) is 6.33 Å². The van der Waals surface area contributed by atoms with E-state index in [1.807, 2.05) is 7.05 Å². The molecule has 0 bridgehead atoms. The van der Waals surface area contributed by atoms with Crippen molar-refractivity contribution < 1.29 is 4.79 Å². The van der Waals surface area contributed by atoms with E-state index in [0.717, 1.165) is 6.54 Å². The van der Waals surface area contributed by atoms with Crippen LogP contribution in [0.1, 0.15) is 32.1 Å². The summed E-state index contributed by atoms with van der Waals surface area (Å²) in [5.41, 5.74) is 5.41. The van der Waals surface area contributed by atoms with E-state index in [1.54, 1.807) is 4.90 Å². The lowest BCUT2D eigenvalue weighted by molar-refractivity contribution is -0.131. The zero-order valence-corrected chi connectivity index (χ0v) is 10.9. The van der Waals surface area contributed by atoms with Gasteiger partial charge in [0.05, 0.1) is 0 Å². The highest BCUT2D eigenvalue weighted by Gasteiger charge is 2.18. The molecular weight excluding hydrogens is 230 g/mol. The first-order valence-corrected chi connectivity index (χ1v) is 6.54. The first kappa shape index (κ1) is 12.9. The van der Waals surface area contributed by atoms with E-state index in [1.165, 1.54) is 43.1 Å². The number of amides is 1. The van der Waals surface area contributed by atoms with Crippen molar-refractivity contribution in [3.05, 3.63) is 6.33 Å². The average Bonchev–Trinajstić information content (AvgIpc) is 2.76. The van der Waals surface area contributed by atoms with Gasteiger partial charge in [0.2, 0.25) is 11.9 Å². The summed E-state index contributed by atoms with van der Waals surface area (Å²) < 4.78 is 1.48. The largest absolute Gasteiger partial charge is 0.367 e. The molecule has 18 heavy (non-hydrogen) atoms. The molecule has 0 spiro atoms. The number of anilines is 1. The third-order valence-electron chi connectivity index (χ3n) is 3.53. The maximum Gasteiger partial charge on any atom is 0.244 e. The van der Waals surface area contributed by atoms with Gasteiger partial charge in [0.1, 0.15) is 12.9 Å². The summed E-state index contributed by atoms with van der Waals surface area (Å²) in [6.07, 6.45) is 7.91. The van der Waals surface area contributed by atoms with Gasteiger partial charge in [0.15, 0.2) is 0 Å². The Kier molecular flexibility index (Phi) is 4.17. The Morgan fingerprint density at radius 2 is 2.22 bits per heavy atom. The van der Waals surface area contributed by atoms with Gasteiger partial charge in [-0.3, -0.25) is 4.79 Å². The second kappa shape index (κ2) is 5.84. The smallest absolute Gasteiger partial charge is 0.244 e. The normalized spacial score (nSPS) is 16.7. The van der Waals surface area contributed by atoms with E-state index >= 15 is 0 Å². The molecular formula is C12H21N5O. The van der Waals surface area contributed by atoms with E-state index in [9.17, 15) is 4.79 Å². The third-order valence-corrected chi connectivity index (χ3v) is 3.53. The molecule has 100 valence electrons. The molecule has 1 aromatic heterocycles. The van der Waals surface area contributed by atoms with E-state index in [4.69, 9.17) is 5.73 Å². The van der Waals surface area contributed by atoms with Gasteiger partial charge < -0.3 is 10.6 Å². The van der Waals surface area contributed by atoms with Crippen LogP contribution in [0.25, 0.3) is 0 Å². The molecule has 6 nitrogen and oxygen atoms in total. The fourth-order valence-electron chi connectivity index (χ4n) is 2.50. The molecule has 1 aliphatic rings. The molecule has 6 heteroatoms. The molecule has 1 saturated carbocycles. The number of nitrogen functional groups attached to an aromatic ring is 1. The van der Waals surface area contributed by atoms with Gasteiger partial charge >= 0.3 is 0 Å². The Labute approximate surface area is 107 Å². The Balaban J connectivity index is 1.80. The van der Waals surface area contributed by atoms with Crippen molar-refractivity contribution in [3.63, 3.8) is 0 Å². The number of carbonyl (C=O) groups excluding carboxylic acids is 1. The summed E-state index contributed by atoms with van der Waals surface area (Å²) in [5, 5.41) is 3.92. The lowest BCUT2D eigenvalue weighted by atomic mass is 9.89. The molecule has 0 aromatic carbocycles. The molecule has 1 amide bonds. The molecule has 1 heterocycles. The minimum atomic E-state index is 0.0606. The summed E-state index contributed by atoms with van der Waals surface area (Å²) in [5.74, 6) is 0.928. The predicted molar refractivity (Wildman–Crippen MR) is 68.6 cm³/mol. The fourth-order valence-corrected chi connectivity index (χ4v) is 2.50. The van der Waals surface area contributed by atoms with Crippen LogP contribution in [0, 0.1) is 5.92 Å². The molecule has 1 aliphatic carbocycles.